The van der Waals surface area contributed by atoms with Gasteiger partial charge < -0.3 is 14.2 Å². The molecule has 7 heteroatoms. The van der Waals surface area contributed by atoms with Crippen LogP contribution < -0.4 is 4.74 Å². The lowest BCUT2D eigenvalue weighted by Gasteiger charge is -2.39. The van der Waals surface area contributed by atoms with E-state index in [0.717, 1.165) is 48.1 Å². The fraction of sp³-hybridized carbons (Fsp3) is 0.423. The van der Waals surface area contributed by atoms with Crippen LogP contribution in [-0.2, 0) is 17.8 Å². The summed E-state index contributed by atoms with van der Waals surface area (Å²) in [7, 11) is 1.66. The summed E-state index contributed by atoms with van der Waals surface area (Å²) >= 11 is 1.48. The predicted octanol–water partition coefficient (Wildman–Crippen LogP) is 5.08. The Hall–Kier alpha value is -2.80. The molecule has 1 aliphatic heterocycles. The zero-order chi connectivity index (χ0) is 23.2. The molecule has 1 aromatic heterocycles. The second-order valence-electron chi connectivity index (χ2n) is 8.64. The minimum atomic E-state index is 0.184. The van der Waals surface area contributed by atoms with Crippen molar-refractivity contribution in [3.8, 4) is 17.1 Å². The van der Waals surface area contributed by atoms with Gasteiger partial charge in [0.2, 0.25) is 5.91 Å². The molecule has 1 saturated heterocycles. The van der Waals surface area contributed by atoms with Gasteiger partial charge in [-0.05, 0) is 69.4 Å². The highest BCUT2D eigenvalue weighted by atomic mass is 32.2. The van der Waals surface area contributed by atoms with E-state index in [4.69, 9.17) is 4.74 Å². The van der Waals surface area contributed by atoms with Crippen molar-refractivity contribution in [1.29, 1.82) is 0 Å². The normalized spacial score (nSPS) is 18.3. The Bertz CT molecular complexity index is 1040. The van der Waals surface area contributed by atoms with Gasteiger partial charge in [-0.2, -0.15) is 0 Å². The lowest BCUT2D eigenvalue weighted by molar-refractivity contribution is -0.134. The Labute approximate surface area is 200 Å². The van der Waals surface area contributed by atoms with Crippen LogP contribution in [0.15, 0.2) is 59.8 Å². The molecule has 3 aromatic rings. The molecule has 0 saturated carbocycles. The van der Waals surface area contributed by atoms with E-state index in [2.05, 4.69) is 57.8 Å². The fourth-order valence-corrected chi connectivity index (χ4v) is 5.38. The Balaban J connectivity index is 1.54. The van der Waals surface area contributed by atoms with Crippen molar-refractivity contribution < 1.29 is 9.53 Å². The third kappa shape index (κ3) is 5.58. The molecule has 0 N–H and O–H groups in total. The number of piperidine rings is 1. The zero-order valence-electron chi connectivity index (χ0n) is 19.6. The molecule has 1 fully saturated rings. The second-order valence-corrected chi connectivity index (χ2v) is 9.58. The molecule has 0 unspecified atom stereocenters. The van der Waals surface area contributed by atoms with Gasteiger partial charge in [0, 0.05) is 24.2 Å². The molecular weight excluding hydrogens is 432 g/mol. The number of methoxy groups -OCH3 is 1. The van der Waals surface area contributed by atoms with Crippen molar-refractivity contribution in [2.45, 2.75) is 63.3 Å². The molecule has 4 rings (SSSR count). The standard InChI is InChI=1S/C26H32N4O2S/c1-19-8-7-9-20(2)30(19)24(31)18-33-26-28-27-25(22-12-14-23(32-3)15-13-22)29(26)17-16-21-10-5-4-6-11-21/h4-6,10-15,19-20H,7-9,16-18H2,1-3H3/t19-,20-/m1/s1. The van der Waals surface area contributed by atoms with Crippen molar-refractivity contribution >= 4 is 17.7 Å². The second kappa shape index (κ2) is 10.9. The van der Waals surface area contributed by atoms with Crippen molar-refractivity contribution in [1.82, 2.24) is 19.7 Å². The highest BCUT2D eigenvalue weighted by Gasteiger charge is 2.29. The number of benzene rings is 2. The van der Waals surface area contributed by atoms with Crippen molar-refractivity contribution in [3.63, 3.8) is 0 Å². The lowest BCUT2D eigenvalue weighted by Crippen LogP contribution is -2.48. The molecule has 174 valence electrons. The van der Waals surface area contributed by atoms with E-state index in [1.807, 2.05) is 30.3 Å². The molecule has 2 atom stereocenters. The van der Waals surface area contributed by atoms with Crippen molar-refractivity contribution in [2.24, 2.45) is 0 Å². The van der Waals surface area contributed by atoms with Gasteiger partial charge in [0.15, 0.2) is 11.0 Å². The molecule has 0 bridgehead atoms. The van der Waals surface area contributed by atoms with Gasteiger partial charge in [-0.25, -0.2) is 0 Å². The number of carbonyl (C=O) groups is 1. The fourth-order valence-electron chi connectivity index (χ4n) is 4.55. The first-order valence-corrected chi connectivity index (χ1v) is 12.6. The third-order valence-corrected chi connectivity index (χ3v) is 7.29. The number of aryl methyl sites for hydroxylation is 1. The molecule has 2 aromatic carbocycles. The first-order valence-electron chi connectivity index (χ1n) is 11.6. The Morgan fingerprint density at radius 3 is 2.39 bits per heavy atom. The van der Waals surface area contributed by atoms with Crippen molar-refractivity contribution in [2.75, 3.05) is 12.9 Å². The summed E-state index contributed by atoms with van der Waals surface area (Å²) in [6.45, 7) is 5.05. The lowest BCUT2D eigenvalue weighted by atomic mass is 9.98. The van der Waals surface area contributed by atoms with Crippen LogP contribution in [0.3, 0.4) is 0 Å². The molecule has 1 amide bonds. The SMILES string of the molecule is COc1ccc(-c2nnc(SCC(=O)N3[C@H](C)CCC[C@H]3C)n2CCc2ccccc2)cc1. The van der Waals surface area contributed by atoms with Crippen LogP contribution >= 0.6 is 11.8 Å². The number of ether oxygens (including phenoxy) is 1. The van der Waals surface area contributed by atoms with Gasteiger partial charge in [0.05, 0.1) is 12.9 Å². The van der Waals surface area contributed by atoms with Gasteiger partial charge in [-0.1, -0.05) is 42.1 Å². The van der Waals surface area contributed by atoms with Crippen LogP contribution in [-0.4, -0.2) is 50.5 Å². The third-order valence-electron chi connectivity index (χ3n) is 6.34. The topological polar surface area (TPSA) is 60.3 Å². The molecule has 0 radical (unpaired) electrons. The first kappa shape index (κ1) is 23.4. The molecule has 2 heterocycles. The van der Waals surface area contributed by atoms with E-state index in [1.54, 1.807) is 7.11 Å². The molecular formula is C26H32N4O2S. The number of carbonyl (C=O) groups excluding carboxylic acids is 1. The molecule has 33 heavy (non-hydrogen) atoms. The van der Waals surface area contributed by atoms with E-state index in [-0.39, 0.29) is 5.91 Å². The minimum absolute atomic E-state index is 0.184. The van der Waals surface area contributed by atoms with Crippen LogP contribution in [0.25, 0.3) is 11.4 Å². The number of hydrogen-bond acceptors (Lipinski definition) is 5. The number of aromatic nitrogens is 3. The molecule has 1 aliphatic rings. The summed E-state index contributed by atoms with van der Waals surface area (Å²) in [5.74, 6) is 2.17. The highest BCUT2D eigenvalue weighted by Crippen LogP contribution is 2.28. The largest absolute Gasteiger partial charge is 0.497 e. The first-order chi connectivity index (χ1) is 16.1. The minimum Gasteiger partial charge on any atom is -0.497 e. The smallest absolute Gasteiger partial charge is 0.233 e. The summed E-state index contributed by atoms with van der Waals surface area (Å²) in [5, 5.41) is 9.76. The van der Waals surface area contributed by atoms with Crippen LogP contribution in [0.1, 0.15) is 38.7 Å². The Kier molecular flexibility index (Phi) is 7.70. The molecule has 6 nitrogen and oxygen atoms in total. The number of likely N-dealkylation sites (tertiary alicyclic amines) is 1. The Morgan fingerprint density at radius 2 is 1.73 bits per heavy atom. The summed E-state index contributed by atoms with van der Waals surface area (Å²) in [5.41, 5.74) is 2.24. The predicted molar refractivity (Wildman–Crippen MR) is 133 cm³/mol. The maximum atomic E-state index is 13.1. The van der Waals surface area contributed by atoms with Gasteiger partial charge in [0.25, 0.3) is 0 Å². The summed E-state index contributed by atoms with van der Waals surface area (Å²) in [6.07, 6.45) is 4.22. The van der Waals surface area contributed by atoms with Crippen LogP contribution in [0.4, 0.5) is 0 Å². The summed E-state index contributed by atoms with van der Waals surface area (Å²) in [4.78, 5) is 15.1. The van der Waals surface area contributed by atoms with E-state index in [9.17, 15) is 4.79 Å². The monoisotopic (exact) mass is 464 g/mol. The maximum Gasteiger partial charge on any atom is 0.233 e. The summed E-state index contributed by atoms with van der Waals surface area (Å²) in [6, 6.07) is 18.9. The quantitative estimate of drug-likeness (QED) is 0.435. The number of amides is 1. The molecule has 0 aliphatic carbocycles. The van der Waals surface area contributed by atoms with E-state index < -0.39 is 0 Å². The highest BCUT2D eigenvalue weighted by molar-refractivity contribution is 7.99. The van der Waals surface area contributed by atoms with Gasteiger partial charge >= 0.3 is 0 Å². The Morgan fingerprint density at radius 1 is 1.03 bits per heavy atom. The zero-order valence-corrected chi connectivity index (χ0v) is 20.4. The van der Waals surface area contributed by atoms with Crippen LogP contribution in [0.2, 0.25) is 0 Å². The van der Waals surface area contributed by atoms with E-state index in [0.29, 0.717) is 17.8 Å². The average molecular weight is 465 g/mol. The maximum absolute atomic E-state index is 13.1. The van der Waals surface area contributed by atoms with Crippen LogP contribution in [0.5, 0.6) is 5.75 Å². The number of thioether (sulfide) groups is 1. The van der Waals surface area contributed by atoms with Gasteiger partial charge in [0.1, 0.15) is 5.75 Å². The van der Waals surface area contributed by atoms with Crippen molar-refractivity contribution in [3.05, 3.63) is 60.2 Å². The average Bonchev–Trinajstić information content (AvgIpc) is 3.24. The summed E-state index contributed by atoms with van der Waals surface area (Å²) < 4.78 is 7.43. The molecule has 0 spiro atoms. The van der Waals surface area contributed by atoms with E-state index in [1.165, 1.54) is 23.7 Å². The number of nitrogens with zero attached hydrogens (tertiary/aromatic N) is 4. The number of hydrogen-bond donors (Lipinski definition) is 0. The van der Waals surface area contributed by atoms with E-state index >= 15 is 0 Å². The van der Waals surface area contributed by atoms with Gasteiger partial charge in [-0.15, -0.1) is 10.2 Å². The van der Waals surface area contributed by atoms with Gasteiger partial charge in [-0.3, -0.25) is 4.79 Å². The van der Waals surface area contributed by atoms with Crippen LogP contribution in [0, 0.1) is 0 Å². The number of rotatable bonds is 8.